The maximum Gasteiger partial charge on any atom is 0.243 e. The number of rotatable bonds is 9. The topological polar surface area (TPSA) is 110 Å². The van der Waals surface area contributed by atoms with E-state index in [9.17, 15) is 13.5 Å². The zero-order valence-corrected chi connectivity index (χ0v) is 16.6. The lowest BCUT2D eigenvalue weighted by Gasteiger charge is -2.28. The van der Waals surface area contributed by atoms with E-state index in [0.717, 1.165) is 5.56 Å². The molecule has 2 rings (SSSR count). The van der Waals surface area contributed by atoms with E-state index < -0.39 is 22.2 Å². The number of hydrogen-bond donors (Lipinski definition) is 3. The molecule has 2 aromatic carbocycles. The van der Waals surface area contributed by atoms with Gasteiger partial charge < -0.3 is 16.6 Å². The van der Waals surface area contributed by atoms with E-state index in [1.54, 1.807) is 12.1 Å². The number of nitrogen functional groups attached to an aromatic ring is 1. The van der Waals surface area contributed by atoms with Gasteiger partial charge in [-0.25, -0.2) is 8.42 Å². The molecule has 0 aromatic heterocycles. The molecule has 0 saturated carbocycles. The summed E-state index contributed by atoms with van der Waals surface area (Å²) in [4.78, 5) is 0.154. The lowest BCUT2D eigenvalue weighted by Crippen LogP contribution is -2.47. The Morgan fingerprint density at radius 2 is 1.59 bits per heavy atom. The maximum absolute atomic E-state index is 13.0. The summed E-state index contributed by atoms with van der Waals surface area (Å²) in [7, 11) is -3.75. The zero-order valence-electron chi connectivity index (χ0n) is 15.8. The van der Waals surface area contributed by atoms with Crippen molar-refractivity contribution in [2.45, 2.75) is 37.3 Å². The molecule has 0 heterocycles. The van der Waals surface area contributed by atoms with Gasteiger partial charge in [0.15, 0.2) is 0 Å². The number of benzene rings is 2. The molecule has 7 heteroatoms. The van der Waals surface area contributed by atoms with Crippen LogP contribution in [0.5, 0.6) is 0 Å². The third kappa shape index (κ3) is 6.04. The van der Waals surface area contributed by atoms with Gasteiger partial charge in [0.25, 0.3) is 0 Å². The van der Waals surface area contributed by atoms with Gasteiger partial charge in [0.2, 0.25) is 10.0 Å². The average Bonchev–Trinajstić information content (AvgIpc) is 2.62. The maximum atomic E-state index is 13.0. The van der Waals surface area contributed by atoms with E-state index in [1.165, 1.54) is 16.4 Å². The van der Waals surface area contributed by atoms with E-state index >= 15 is 0 Å². The van der Waals surface area contributed by atoms with Gasteiger partial charge >= 0.3 is 0 Å². The van der Waals surface area contributed by atoms with Gasteiger partial charge in [0.05, 0.1) is 11.0 Å². The highest BCUT2D eigenvalue weighted by Gasteiger charge is 2.29. The minimum absolute atomic E-state index is 0.0567. The fourth-order valence-electron chi connectivity index (χ4n) is 2.83. The quantitative estimate of drug-likeness (QED) is 0.565. The number of sulfonamides is 1. The Kier molecular flexibility index (Phi) is 7.38. The van der Waals surface area contributed by atoms with Crippen LogP contribution in [-0.4, -0.2) is 43.1 Å². The van der Waals surface area contributed by atoms with Gasteiger partial charge in [-0.15, -0.1) is 0 Å². The molecule has 0 aliphatic rings. The summed E-state index contributed by atoms with van der Waals surface area (Å²) in [6, 6.07) is 15.1. The van der Waals surface area contributed by atoms with Crippen LogP contribution in [0.25, 0.3) is 0 Å². The van der Waals surface area contributed by atoms with Crippen LogP contribution in [0.2, 0.25) is 0 Å². The molecule has 0 amide bonds. The summed E-state index contributed by atoms with van der Waals surface area (Å²) in [5, 5.41) is 10.6. The summed E-state index contributed by atoms with van der Waals surface area (Å²) in [5.41, 5.74) is 13.3. The summed E-state index contributed by atoms with van der Waals surface area (Å²) in [6.45, 7) is 4.10. The third-order valence-corrected chi connectivity index (χ3v) is 6.13. The Hall–Kier alpha value is -1.93. The molecule has 148 valence electrons. The van der Waals surface area contributed by atoms with Crippen molar-refractivity contribution in [1.29, 1.82) is 0 Å². The first-order chi connectivity index (χ1) is 12.7. The van der Waals surface area contributed by atoms with Crippen molar-refractivity contribution in [2.75, 3.05) is 18.8 Å². The molecular weight excluding hydrogens is 362 g/mol. The summed E-state index contributed by atoms with van der Waals surface area (Å²) >= 11 is 0. The van der Waals surface area contributed by atoms with Gasteiger partial charge in [0, 0.05) is 24.8 Å². The number of aliphatic hydroxyl groups excluding tert-OH is 1. The van der Waals surface area contributed by atoms with Gasteiger partial charge in [-0.1, -0.05) is 44.2 Å². The minimum Gasteiger partial charge on any atom is -0.399 e. The van der Waals surface area contributed by atoms with Gasteiger partial charge in [-0.3, -0.25) is 0 Å². The van der Waals surface area contributed by atoms with Crippen LogP contribution < -0.4 is 11.5 Å². The molecule has 0 aliphatic carbocycles. The van der Waals surface area contributed by atoms with Crippen LogP contribution in [0, 0.1) is 5.92 Å². The van der Waals surface area contributed by atoms with Crippen LogP contribution in [-0.2, 0) is 16.4 Å². The fraction of sp³-hybridized carbons (Fsp3) is 0.400. The Morgan fingerprint density at radius 1 is 1.00 bits per heavy atom. The highest BCUT2D eigenvalue weighted by atomic mass is 32.2. The lowest BCUT2D eigenvalue weighted by molar-refractivity contribution is 0.116. The Labute approximate surface area is 161 Å². The molecule has 0 saturated heterocycles. The summed E-state index contributed by atoms with van der Waals surface area (Å²) in [5.74, 6) is 0.103. The molecule has 2 atom stereocenters. The second-order valence-corrected chi connectivity index (χ2v) is 9.14. The minimum atomic E-state index is -3.75. The number of aliphatic hydroxyl groups is 1. The first-order valence-electron chi connectivity index (χ1n) is 9.03. The van der Waals surface area contributed by atoms with E-state index in [2.05, 4.69) is 0 Å². The first kappa shape index (κ1) is 21.4. The summed E-state index contributed by atoms with van der Waals surface area (Å²) in [6.07, 6.45) is -0.507. The lowest BCUT2D eigenvalue weighted by atomic mass is 10.0. The molecule has 0 fully saturated rings. The molecule has 0 aliphatic heterocycles. The largest absolute Gasteiger partial charge is 0.399 e. The highest BCUT2D eigenvalue weighted by Crippen LogP contribution is 2.19. The van der Waals surface area contributed by atoms with Crippen LogP contribution >= 0.6 is 0 Å². The van der Waals surface area contributed by atoms with Gasteiger partial charge in [-0.05, 0) is 42.2 Å². The van der Waals surface area contributed by atoms with Crippen molar-refractivity contribution in [3.05, 3.63) is 60.2 Å². The predicted molar refractivity (Wildman–Crippen MR) is 109 cm³/mol. The Morgan fingerprint density at radius 3 is 2.15 bits per heavy atom. The average molecular weight is 392 g/mol. The Balaban J connectivity index is 2.16. The molecule has 0 unspecified atom stereocenters. The van der Waals surface area contributed by atoms with Crippen molar-refractivity contribution < 1.29 is 13.5 Å². The second-order valence-electron chi connectivity index (χ2n) is 7.21. The molecule has 5 N–H and O–H groups in total. The van der Waals surface area contributed by atoms with Crippen LogP contribution in [0.3, 0.4) is 0 Å². The second kappa shape index (κ2) is 9.32. The van der Waals surface area contributed by atoms with E-state index in [0.29, 0.717) is 18.7 Å². The van der Waals surface area contributed by atoms with Crippen LogP contribution in [0.4, 0.5) is 5.69 Å². The zero-order chi connectivity index (χ0) is 20.0. The number of hydrogen-bond acceptors (Lipinski definition) is 5. The van der Waals surface area contributed by atoms with Crippen molar-refractivity contribution in [3.8, 4) is 0 Å². The van der Waals surface area contributed by atoms with E-state index in [4.69, 9.17) is 11.5 Å². The van der Waals surface area contributed by atoms with Crippen molar-refractivity contribution in [2.24, 2.45) is 11.7 Å². The fourth-order valence-corrected chi connectivity index (χ4v) is 4.45. The smallest absolute Gasteiger partial charge is 0.243 e. The molecule has 0 radical (unpaired) electrons. The van der Waals surface area contributed by atoms with Crippen molar-refractivity contribution in [1.82, 2.24) is 4.31 Å². The monoisotopic (exact) mass is 391 g/mol. The summed E-state index contributed by atoms with van der Waals surface area (Å²) < 4.78 is 27.4. The number of nitrogens with two attached hydrogens (primary N) is 2. The standard InChI is InChI=1S/C20H29N3O3S/c1-15(2)13-23(27(25,26)18-10-8-17(21)9-11-18)14-20(24)19(22)12-16-6-4-3-5-7-16/h3-11,15,19-20,24H,12-14,21-22H2,1-2H3/t19-,20-/m1/s1. The van der Waals surface area contributed by atoms with E-state index in [1.807, 2.05) is 44.2 Å². The normalized spacial score (nSPS) is 14.4. The van der Waals surface area contributed by atoms with Crippen LogP contribution in [0.1, 0.15) is 19.4 Å². The molecular formula is C20H29N3O3S. The predicted octanol–water partition coefficient (Wildman–Crippen LogP) is 1.85. The molecule has 27 heavy (non-hydrogen) atoms. The number of anilines is 1. The van der Waals surface area contributed by atoms with Crippen LogP contribution in [0.15, 0.2) is 59.5 Å². The molecule has 2 aromatic rings. The SMILES string of the molecule is CC(C)CN(C[C@@H](O)[C@H](N)Cc1ccccc1)S(=O)(=O)c1ccc(N)cc1. The van der Waals surface area contributed by atoms with Gasteiger partial charge in [-0.2, -0.15) is 4.31 Å². The Bertz CT molecular complexity index is 808. The van der Waals surface area contributed by atoms with Crippen molar-refractivity contribution >= 4 is 15.7 Å². The van der Waals surface area contributed by atoms with Gasteiger partial charge in [0.1, 0.15) is 0 Å². The molecule has 6 nitrogen and oxygen atoms in total. The van der Waals surface area contributed by atoms with Crippen molar-refractivity contribution in [3.63, 3.8) is 0 Å². The molecule has 0 bridgehead atoms. The molecule has 0 spiro atoms. The van der Waals surface area contributed by atoms with E-state index in [-0.39, 0.29) is 17.4 Å². The third-order valence-electron chi connectivity index (χ3n) is 4.29. The highest BCUT2D eigenvalue weighted by molar-refractivity contribution is 7.89. The number of nitrogens with zero attached hydrogens (tertiary/aromatic N) is 1. The first-order valence-corrected chi connectivity index (χ1v) is 10.5.